The summed E-state index contributed by atoms with van der Waals surface area (Å²) in [5.74, 6) is -0.0113. The minimum Gasteiger partial charge on any atom is -0.345 e. The lowest BCUT2D eigenvalue weighted by molar-refractivity contribution is 0.0827. The minimum atomic E-state index is -0.156. The number of benzene rings is 2. The lowest BCUT2D eigenvalue weighted by atomic mass is 10.0. The van der Waals surface area contributed by atoms with Gasteiger partial charge in [0.15, 0.2) is 0 Å². The number of carbonyl (C=O) groups excluding carboxylic acids is 2. The van der Waals surface area contributed by atoms with Gasteiger partial charge in [0.05, 0.1) is 0 Å². The lowest BCUT2D eigenvalue weighted by Gasteiger charge is -2.11. The summed E-state index contributed by atoms with van der Waals surface area (Å²) in [6, 6.07) is 15.4. The van der Waals surface area contributed by atoms with E-state index in [1.165, 1.54) is 0 Å². The highest BCUT2D eigenvalue weighted by Crippen LogP contribution is 2.23. The number of carbonyl (C=O) groups is 2. The van der Waals surface area contributed by atoms with E-state index in [0.717, 1.165) is 29.7 Å². The third-order valence-electron chi connectivity index (χ3n) is 3.93. The topological polar surface area (TPSA) is 61.4 Å². The van der Waals surface area contributed by atoms with Crippen molar-refractivity contribution in [1.29, 1.82) is 0 Å². The molecule has 0 saturated heterocycles. The van der Waals surface area contributed by atoms with Crippen molar-refractivity contribution in [2.24, 2.45) is 0 Å². The SMILES string of the molecule is CN(C)C(=O)c1ccc(-c2ccc(NC(=O)NC3CC3)cc2)cc1. The van der Waals surface area contributed by atoms with Crippen LogP contribution in [-0.2, 0) is 0 Å². The second-order valence-corrected chi connectivity index (χ2v) is 6.23. The van der Waals surface area contributed by atoms with E-state index < -0.39 is 0 Å². The number of amides is 3. The van der Waals surface area contributed by atoms with Gasteiger partial charge in [0.1, 0.15) is 0 Å². The van der Waals surface area contributed by atoms with Crippen molar-refractivity contribution in [2.75, 3.05) is 19.4 Å². The molecule has 0 heterocycles. The number of nitrogens with one attached hydrogen (secondary N) is 2. The van der Waals surface area contributed by atoms with E-state index in [0.29, 0.717) is 11.6 Å². The van der Waals surface area contributed by atoms with E-state index in [4.69, 9.17) is 0 Å². The van der Waals surface area contributed by atoms with Gasteiger partial charge in [0, 0.05) is 31.4 Å². The molecule has 1 aliphatic rings. The van der Waals surface area contributed by atoms with Crippen LogP contribution in [-0.4, -0.2) is 37.0 Å². The summed E-state index contributed by atoms with van der Waals surface area (Å²) in [5, 5.41) is 5.72. The Morgan fingerprint density at radius 2 is 1.46 bits per heavy atom. The predicted octanol–water partition coefficient (Wildman–Crippen LogP) is 3.34. The van der Waals surface area contributed by atoms with Gasteiger partial charge in [-0.3, -0.25) is 4.79 Å². The number of nitrogens with zero attached hydrogens (tertiary/aromatic N) is 1. The average Bonchev–Trinajstić information content (AvgIpc) is 3.39. The molecule has 2 aromatic rings. The van der Waals surface area contributed by atoms with Crippen LogP contribution >= 0.6 is 0 Å². The number of hydrogen-bond acceptors (Lipinski definition) is 2. The zero-order chi connectivity index (χ0) is 17.1. The molecule has 2 aromatic carbocycles. The first-order valence-corrected chi connectivity index (χ1v) is 8.02. The fourth-order valence-electron chi connectivity index (χ4n) is 2.39. The normalized spacial score (nSPS) is 13.2. The second-order valence-electron chi connectivity index (χ2n) is 6.23. The van der Waals surface area contributed by atoms with Crippen LogP contribution in [0, 0.1) is 0 Å². The summed E-state index contributed by atoms with van der Waals surface area (Å²) in [4.78, 5) is 25.2. The molecule has 0 atom stereocenters. The molecule has 5 nitrogen and oxygen atoms in total. The van der Waals surface area contributed by atoms with Gasteiger partial charge in [0.25, 0.3) is 5.91 Å². The van der Waals surface area contributed by atoms with Crippen molar-refractivity contribution in [3.8, 4) is 11.1 Å². The van der Waals surface area contributed by atoms with Crippen LogP contribution in [0.15, 0.2) is 48.5 Å². The van der Waals surface area contributed by atoms with E-state index in [2.05, 4.69) is 10.6 Å². The average molecular weight is 323 g/mol. The van der Waals surface area contributed by atoms with Gasteiger partial charge in [-0.15, -0.1) is 0 Å². The number of anilines is 1. The molecule has 24 heavy (non-hydrogen) atoms. The van der Waals surface area contributed by atoms with Gasteiger partial charge >= 0.3 is 6.03 Å². The summed E-state index contributed by atoms with van der Waals surface area (Å²) in [6.07, 6.45) is 2.14. The van der Waals surface area contributed by atoms with E-state index in [9.17, 15) is 9.59 Å². The fourth-order valence-corrected chi connectivity index (χ4v) is 2.39. The molecule has 0 bridgehead atoms. The molecule has 0 aromatic heterocycles. The Labute approximate surface area is 141 Å². The summed E-state index contributed by atoms with van der Waals surface area (Å²) >= 11 is 0. The van der Waals surface area contributed by atoms with Crippen LogP contribution in [0.3, 0.4) is 0 Å². The summed E-state index contributed by atoms with van der Waals surface area (Å²) in [7, 11) is 3.47. The van der Waals surface area contributed by atoms with Gasteiger partial charge in [-0.1, -0.05) is 24.3 Å². The third-order valence-corrected chi connectivity index (χ3v) is 3.93. The zero-order valence-corrected chi connectivity index (χ0v) is 13.9. The van der Waals surface area contributed by atoms with Crippen molar-refractivity contribution < 1.29 is 9.59 Å². The molecule has 3 rings (SSSR count). The van der Waals surface area contributed by atoms with Crippen LogP contribution in [0.1, 0.15) is 23.2 Å². The Morgan fingerprint density at radius 1 is 0.917 bits per heavy atom. The van der Waals surface area contributed by atoms with Gasteiger partial charge in [-0.25, -0.2) is 4.79 Å². The molecule has 3 amide bonds. The van der Waals surface area contributed by atoms with Crippen LogP contribution in [0.5, 0.6) is 0 Å². The standard InChI is InChI=1S/C19H21N3O2/c1-22(2)18(23)15-5-3-13(4-6-15)14-7-9-16(10-8-14)20-19(24)21-17-11-12-17/h3-10,17H,11-12H2,1-2H3,(H2,20,21,24). The highest BCUT2D eigenvalue weighted by Gasteiger charge is 2.23. The first kappa shape index (κ1) is 16.1. The Kier molecular flexibility index (Phi) is 4.51. The van der Waals surface area contributed by atoms with Crippen LogP contribution in [0.2, 0.25) is 0 Å². The van der Waals surface area contributed by atoms with E-state index >= 15 is 0 Å². The van der Waals surface area contributed by atoms with Crippen molar-refractivity contribution in [1.82, 2.24) is 10.2 Å². The Morgan fingerprint density at radius 3 is 1.96 bits per heavy atom. The second kappa shape index (κ2) is 6.74. The molecule has 0 spiro atoms. The summed E-state index contributed by atoms with van der Waals surface area (Å²) < 4.78 is 0. The first-order valence-electron chi connectivity index (χ1n) is 8.02. The number of urea groups is 1. The molecule has 124 valence electrons. The van der Waals surface area contributed by atoms with Crippen molar-refractivity contribution in [3.63, 3.8) is 0 Å². The Bertz CT molecular complexity index is 732. The molecular formula is C19H21N3O2. The summed E-state index contributed by atoms with van der Waals surface area (Å²) in [6.45, 7) is 0. The molecule has 5 heteroatoms. The zero-order valence-electron chi connectivity index (χ0n) is 13.9. The first-order chi connectivity index (χ1) is 11.5. The molecule has 1 aliphatic carbocycles. The maximum atomic E-state index is 11.9. The largest absolute Gasteiger partial charge is 0.345 e. The molecule has 2 N–H and O–H groups in total. The number of hydrogen-bond donors (Lipinski definition) is 2. The molecule has 0 radical (unpaired) electrons. The molecule has 1 fully saturated rings. The lowest BCUT2D eigenvalue weighted by Crippen LogP contribution is -2.30. The van der Waals surface area contributed by atoms with Gasteiger partial charge < -0.3 is 15.5 Å². The van der Waals surface area contributed by atoms with Crippen molar-refractivity contribution in [3.05, 3.63) is 54.1 Å². The van der Waals surface area contributed by atoms with Crippen LogP contribution in [0.25, 0.3) is 11.1 Å². The Hall–Kier alpha value is -2.82. The minimum absolute atomic E-state index is 0.0113. The van der Waals surface area contributed by atoms with Crippen molar-refractivity contribution >= 4 is 17.6 Å². The predicted molar refractivity (Wildman–Crippen MR) is 95.1 cm³/mol. The van der Waals surface area contributed by atoms with Gasteiger partial charge in [-0.05, 0) is 48.2 Å². The smallest absolute Gasteiger partial charge is 0.319 e. The maximum absolute atomic E-state index is 11.9. The van der Waals surface area contributed by atoms with E-state index in [1.54, 1.807) is 19.0 Å². The van der Waals surface area contributed by atoms with Crippen LogP contribution < -0.4 is 10.6 Å². The molecule has 0 unspecified atom stereocenters. The van der Waals surface area contributed by atoms with Crippen LogP contribution in [0.4, 0.5) is 10.5 Å². The summed E-state index contributed by atoms with van der Waals surface area (Å²) in [5.41, 5.74) is 3.49. The fraction of sp³-hybridized carbons (Fsp3) is 0.263. The Balaban J connectivity index is 1.66. The van der Waals surface area contributed by atoms with E-state index in [-0.39, 0.29) is 11.9 Å². The maximum Gasteiger partial charge on any atom is 0.319 e. The van der Waals surface area contributed by atoms with Gasteiger partial charge in [0.2, 0.25) is 0 Å². The third kappa shape index (κ3) is 3.93. The molecule has 0 aliphatic heterocycles. The molecular weight excluding hydrogens is 302 g/mol. The highest BCUT2D eigenvalue weighted by atomic mass is 16.2. The monoisotopic (exact) mass is 323 g/mol. The van der Waals surface area contributed by atoms with E-state index in [1.807, 2.05) is 48.5 Å². The molecule has 1 saturated carbocycles. The van der Waals surface area contributed by atoms with Gasteiger partial charge in [-0.2, -0.15) is 0 Å². The highest BCUT2D eigenvalue weighted by molar-refractivity contribution is 5.94. The van der Waals surface area contributed by atoms with Crippen molar-refractivity contribution in [2.45, 2.75) is 18.9 Å². The quantitative estimate of drug-likeness (QED) is 0.906. The number of rotatable bonds is 4.